The molecular formula is C8H26N3P. The van der Waals surface area contributed by atoms with Gasteiger partial charge >= 0.3 is 0 Å². The van der Waals surface area contributed by atoms with Gasteiger partial charge in [-0.2, -0.15) is 0 Å². The van der Waals surface area contributed by atoms with Gasteiger partial charge in [-0.05, 0) is 13.3 Å². The first-order chi connectivity index (χ1) is 5.81. The van der Waals surface area contributed by atoms with E-state index in [1.54, 1.807) is 0 Å². The molecule has 3 nitrogen and oxygen atoms in total. The lowest BCUT2D eigenvalue weighted by Gasteiger charge is -2.07. The number of rotatable bonds is 4. The predicted molar refractivity (Wildman–Crippen MR) is 61.8 cm³/mol. The van der Waals surface area contributed by atoms with Crippen LogP contribution in [-0.4, -0.2) is 12.6 Å². The SMILES string of the molecule is CC.CC.CC(CCNP)NN. The van der Waals surface area contributed by atoms with Gasteiger partial charge < -0.3 is 5.09 Å². The Morgan fingerprint density at radius 3 is 1.92 bits per heavy atom. The Balaban J connectivity index is -0.000000175. The van der Waals surface area contributed by atoms with Crippen molar-refractivity contribution in [3.63, 3.8) is 0 Å². The number of hydrogen-bond acceptors (Lipinski definition) is 3. The maximum atomic E-state index is 5.13. The van der Waals surface area contributed by atoms with Crippen LogP contribution in [0.2, 0.25) is 0 Å². The van der Waals surface area contributed by atoms with Crippen molar-refractivity contribution in [1.82, 2.24) is 10.5 Å². The Morgan fingerprint density at radius 2 is 1.67 bits per heavy atom. The molecule has 2 unspecified atom stereocenters. The van der Waals surface area contributed by atoms with E-state index in [0.29, 0.717) is 6.04 Å². The monoisotopic (exact) mass is 195 g/mol. The van der Waals surface area contributed by atoms with Crippen LogP contribution in [0.4, 0.5) is 0 Å². The lowest BCUT2D eigenvalue weighted by molar-refractivity contribution is 0.532. The number of hydrogen-bond donors (Lipinski definition) is 3. The maximum Gasteiger partial charge on any atom is 0.0194 e. The highest BCUT2D eigenvalue weighted by Crippen LogP contribution is 1.85. The highest BCUT2D eigenvalue weighted by atomic mass is 31.0. The first-order valence-corrected chi connectivity index (χ1v) is 5.28. The molecule has 0 aromatic heterocycles. The number of nitrogens with one attached hydrogen (secondary N) is 2. The summed E-state index contributed by atoms with van der Waals surface area (Å²) in [6, 6.07) is 0.406. The van der Waals surface area contributed by atoms with E-state index >= 15 is 0 Å². The molecular weight excluding hydrogens is 169 g/mol. The topological polar surface area (TPSA) is 50.1 Å². The van der Waals surface area contributed by atoms with Gasteiger partial charge in [-0.3, -0.25) is 11.3 Å². The molecule has 0 aliphatic rings. The van der Waals surface area contributed by atoms with Gasteiger partial charge in [0.25, 0.3) is 0 Å². The van der Waals surface area contributed by atoms with Crippen molar-refractivity contribution in [3.05, 3.63) is 0 Å². The molecule has 0 fully saturated rings. The van der Waals surface area contributed by atoms with Gasteiger partial charge in [0.05, 0.1) is 0 Å². The summed E-state index contributed by atoms with van der Waals surface area (Å²) < 4.78 is 0. The molecule has 0 saturated heterocycles. The Bertz CT molecular complexity index is 53.6. The van der Waals surface area contributed by atoms with E-state index in [1.165, 1.54) is 0 Å². The number of hydrazine groups is 1. The molecule has 12 heavy (non-hydrogen) atoms. The van der Waals surface area contributed by atoms with Crippen molar-refractivity contribution in [2.75, 3.05) is 6.54 Å². The number of nitrogens with two attached hydrogens (primary N) is 1. The van der Waals surface area contributed by atoms with Gasteiger partial charge in [0.2, 0.25) is 0 Å². The maximum absolute atomic E-state index is 5.13. The van der Waals surface area contributed by atoms with E-state index in [9.17, 15) is 0 Å². The minimum Gasteiger partial charge on any atom is -0.301 e. The third-order valence-electron chi connectivity index (χ3n) is 1.01. The molecule has 0 spiro atoms. The fourth-order valence-electron chi connectivity index (χ4n) is 0.383. The Morgan fingerprint density at radius 1 is 1.25 bits per heavy atom. The summed E-state index contributed by atoms with van der Waals surface area (Å²) in [5.41, 5.74) is 2.65. The molecule has 4 N–H and O–H groups in total. The summed E-state index contributed by atoms with van der Waals surface area (Å²) >= 11 is 0. The molecule has 0 aromatic carbocycles. The molecule has 0 heterocycles. The molecule has 0 aliphatic carbocycles. The largest absolute Gasteiger partial charge is 0.301 e. The molecule has 0 aliphatic heterocycles. The van der Waals surface area contributed by atoms with Crippen LogP contribution in [0.3, 0.4) is 0 Å². The van der Waals surface area contributed by atoms with Crippen LogP contribution in [0, 0.1) is 0 Å². The Kier molecular flexibility index (Phi) is 34.1. The predicted octanol–water partition coefficient (Wildman–Crippen LogP) is 1.66. The molecule has 0 amide bonds. The van der Waals surface area contributed by atoms with Crippen LogP contribution >= 0.6 is 9.39 Å². The van der Waals surface area contributed by atoms with E-state index in [4.69, 9.17) is 5.84 Å². The quantitative estimate of drug-likeness (QED) is 0.363. The van der Waals surface area contributed by atoms with Crippen LogP contribution in [0.15, 0.2) is 0 Å². The molecule has 0 rings (SSSR count). The van der Waals surface area contributed by atoms with Crippen molar-refractivity contribution in [2.45, 2.75) is 47.1 Å². The highest BCUT2D eigenvalue weighted by molar-refractivity contribution is 7.13. The average molecular weight is 195 g/mol. The first-order valence-electron chi connectivity index (χ1n) is 4.71. The molecule has 2 atom stereocenters. The zero-order valence-corrected chi connectivity index (χ0v) is 10.3. The van der Waals surface area contributed by atoms with Crippen molar-refractivity contribution in [2.24, 2.45) is 5.84 Å². The van der Waals surface area contributed by atoms with E-state index in [0.717, 1.165) is 13.0 Å². The second-order valence-corrected chi connectivity index (χ2v) is 2.22. The first kappa shape index (κ1) is 18.2. The Hall–Kier alpha value is 0.310. The third kappa shape index (κ3) is 22.4. The minimum absolute atomic E-state index is 0.406. The lowest BCUT2D eigenvalue weighted by atomic mass is 10.2. The molecule has 0 aromatic rings. The summed E-state index contributed by atoms with van der Waals surface area (Å²) in [5, 5.41) is 2.95. The average Bonchev–Trinajstić information content (AvgIpc) is 2.20. The molecule has 0 saturated carbocycles. The van der Waals surface area contributed by atoms with Crippen molar-refractivity contribution >= 4 is 9.39 Å². The van der Waals surface area contributed by atoms with Crippen molar-refractivity contribution < 1.29 is 0 Å². The second-order valence-electron chi connectivity index (χ2n) is 1.81. The molecule has 4 heteroatoms. The third-order valence-corrected chi connectivity index (χ3v) is 1.29. The summed E-state index contributed by atoms with van der Waals surface area (Å²) in [7, 11) is 2.45. The van der Waals surface area contributed by atoms with Gasteiger partial charge in [0.1, 0.15) is 0 Å². The normalized spacial score (nSPS) is 10.2. The van der Waals surface area contributed by atoms with Gasteiger partial charge in [-0.1, -0.05) is 37.1 Å². The van der Waals surface area contributed by atoms with Crippen LogP contribution < -0.4 is 16.4 Å². The second kappa shape index (κ2) is 22.5. The van der Waals surface area contributed by atoms with Crippen molar-refractivity contribution in [1.29, 1.82) is 0 Å². The van der Waals surface area contributed by atoms with Crippen LogP contribution in [-0.2, 0) is 0 Å². The summed E-state index contributed by atoms with van der Waals surface area (Å²) in [4.78, 5) is 0. The van der Waals surface area contributed by atoms with Crippen LogP contribution in [0.1, 0.15) is 41.0 Å². The van der Waals surface area contributed by atoms with Gasteiger partial charge in [0, 0.05) is 12.6 Å². The fraction of sp³-hybridized carbons (Fsp3) is 1.00. The van der Waals surface area contributed by atoms with E-state index < -0.39 is 0 Å². The zero-order chi connectivity index (χ0) is 10.4. The van der Waals surface area contributed by atoms with E-state index in [2.05, 4.69) is 19.9 Å². The van der Waals surface area contributed by atoms with Crippen LogP contribution in [0.25, 0.3) is 0 Å². The van der Waals surface area contributed by atoms with Crippen LogP contribution in [0.5, 0.6) is 0 Å². The van der Waals surface area contributed by atoms with Gasteiger partial charge in [0.15, 0.2) is 0 Å². The van der Waals surface area contributed by atoms with E-state index in [-0.39, 0.29) is 0 Å². The fourth-order valence-corrected chi connectivity index (χ4v) is 0.550. The molecule has 78 valence electrons. The summed E-state index contributed by atoms with van der Waals surface area (Å²) in [6.45, 7) is 11.0. The smallest absolute Gasteiger partial charge is 0.0194 e. The Labute approximate surface area is 80.1 Å². The van der Waals surface area contributed by atoms with Gasteiger partial charge in [-0.15, -0.1) is 0 Å². The lowest BCUT2D eigenvalue weighted by Crippen LogP contribution is -2.33. The van der Waals surface area contributed by atoms with Gasteiger partial charge in [-0.25, -0.2) is 0 Å². The highest BCUT2D eigenvalue weighted by Gasteiger charge is 1.93. The summed E-state index contributed by atoms with van der Waals surface area (Å²) in [6.07, 6.45) is 1.06. The summed E-state index contributed by atoms with van der Waals surface area (Å²) in [5.74, 6) is 5.13. The minimum atomic E-state index is 0.406. The standard InChI is InChI=1S/C4H14N3P.2C2H6/c1-4(7-5)2-3-6-8;2*1-2/h4,6-7H,2-3,5,8H2,1H3;2*1-2H3. The molecule has 0 radical (unpaired) electrons. The molecule has 0 bridgehead atoms. The van der Waals surface area contributed by atoms with Crippen molar-refractivity contribution in [3.8, 4) is 0 Å². The van der Waals surface area contributed by atoms with E-state index in [1.807, 2.05) is 34.6 Å². The zero-order valence-electron chi connectivity index (χ0n) is 9.15.